The van der Waals surface area contributed by atoms with Crippen molar-refractivity contribution in [3.05, 3.63) is 56.7 Å². The third kappa shape index (κ3) is 2.97. The maximum absolute atomic E-state index is 12.3. The molecule has 3 heteroatoms. The standard InChI is InChI=1S/C17H17ClOS/c18-16-11-10-15(20-16)17(19)14-8-6-13(7-9-14)12-4-2-1-3-5-12/h6-12H,1-5H2. The molecule has 1 aromatic heterocycles. The molecule has 0 spiro atoms. The van der Waals surface area contributed by atoms with E-state index < -0.39 is 0 Å². The maximum atomic E-state index is 12.3. The topological polar surface area (TPSA) is 17.1 Å². The number of hydrogen-bond donors (Lipinski definition) is 0. The van der Waals surface area contributed by atoms with Gasteiger partial charge in [-0.1, -0.05) is 55.1 Å². The number of carbonyl (C=O) groups is 1. The number of ketones is 1. The van der Waals surface area contributed by atoms with Crippen LogP contribution in [0.1, 0.15) is 58.8 Å². The Bertz CT molecular complexity index is 594. The van der Waals surface area contributed by atoms with Crippen LogP contribution in [0, 0.1) is 0 Å². The van der Waals surface area contributed by atoms with Crippen molar-refractivity contribution in [1.82, 2.24) is 0 Å². The molecule has 1 aliphatic carbocycles. The monoisotopic (exact) mass is 304 g/mol. The zero-order valence-electron chi connectivity index (χ0n) is 11.3. The van der Waals surface area contributed by atoms with Crippen molar-refractivity contribution in [1.29, 1.82) is 0 Å². The van der Waals surface area contributed by atoms with E-state index in [2.05, 4.69) is 12.1 Å². The van der Waals surface area contributed by atoms with Gasteiger partial charge in [-0.2, -0.15) is 0 Å². The van der Waals surface area contributed by atoms with Crippen LogP contribution in [-0.2, 0) is 0 Å². The first-order valence-corrected chi connectivity index (χ1v) is 8.33. The maximum Gasteiger partial charge on any atom is 0.202 e. The molecule has 0 unspecified atom stereocenters. The highest BCUT2D eigenvalue weighted by molar-refractivity contribution is 7.18. The average Bonchev–Trinajstić information content (AvgIpc) is 2.94. The van der Waals surface area contributed by atoms with Crippen molar-refractivity contribution >= 4 is 28.7 Å². The Labute approximate surface area is 128 Å². The van der Waals surface area contributed by atoms with Crippen molar-refractivity contribution in [2.45, 2.75) is 38.0 Å². The van der Waals surface area contributed by atoms with Crippen LogP contribution >= 0.6 is 22.9 Å². The van der Waals surface area contributed by atoms with Crippen LogP contribution in [0.5, 0.6) is 0 Å². The van der Waals surface area contributed by atoms with Crippen LogP contribution < -0.4 is 0 Å². The van der Waals surface area contributed by atoms with E-state index >= 15 is 0 Å². The predicted octanol–water partition coefficient (Wildman–Crippen LogP) is 5.68. The molecule has 1 heterocycles. The number of benzene rings is 1. The zero-order chi connectivity index (χ0) is 13.9. The second-order valence-electron chi connectivity index (χ2n) is 5.39. The molecule has 0 bridgehead atoms. The van der Waals surface area contributed by atoms with E-state index in [1.807, 2.05) is 12.1 Å². The molecule has 1 nitrogen and oxygen atoms in total. The molecule has 0 N–H and O–H groups in total. The fraction of sp³-hybridized carbons (Fsp3) is 0.353. The SMILES string of the molecule is O=C(c1ccc(C2CCCCC2)cc1)c1ccc(Cl)s1. The Hall–Kier alpha value is -1.12. The van der Waals surface area contributed by atoms with E-state index in [1.54, 1.807) is 12.1 Å². The molecule has 1 fully saturated rings. The summed E-state index contributed by atoms with van der Waals surface area (Å²) < 4.78 is 0.659. The molecule has 1 aliphatic rings. The van der Waals surface area contributed by atoms with Gasteiger partial charge in [0.25, 0.3) is 0 Å². The summed E-state index contributed by atoms with van der Waals surface area (Å²) in [6, 6.07) is 11.7. The molecular formula is C17H17ClOS. The first kappa shape index (κ1) is 13.8. The molecule has 1 aromatic carbocycles. The Kier molecular flexibility index (Phi) is 4.23. The molecule has 2 aromatic rings. The van der Waals surface area contributed by atoms with Crippen molar-refractivity contribution in [2.24, 2.45) is 0 Å². The quantitative estimate of drug-likeness (QED) is 0.667. The Morgan fingerprint density at radius 2 is 1.70 bits per heavy atom. The lowest BCUT2D eigenvalue weighted by molar-refractivity contribution is 0.104. The minimum Gasteiger partial charge on any atom is -0.288 e. The number of rotatable bonds is 3. The fourth-order valence-electron chi connectivity index (χ4n) is 2.92. The van der Waals surface area contributed by atoms with Crippen LogP contribution in [0.25, 0.3) is 0 Å². The third-order valence-corrected chi connectivity index (χ3v) is 5.28. The van der Waals surface area contributed by atoms with E-state index in [1.165, 1.54) is 49.0 Å². The molecular weight excluding hydrogens is 288 g/mol. The molecule has 1 saturated carbocycles. The summed E-state index contributed by atoms with van der Waals surface area (Å²) in [4.78, 5) is 13.0. The van der Waals surface area contributed by atoms with Gasteiger partial charge in [-0.05, 0) is 36.5 Å². The zero-order valence-corrected chi connectivity index (χ0v) is 12.8. The van der Waals surface area contributed by atoms with E-state index in [9.17, 15) is 4.79 Å². The summed E-state index contributed by atoms with van der Waals surface area (Å²) in [6.07, 6.45) is 6.60. The van der Waals surface area contributed by atoms with E-state index in [4.69, 9.17) is 11.6 Å². The van der Waals surface area contributed by atoms with E-state index in [0.29, 0.717) is 15.1 Å². The molecule has 0 aliphatic heterocycles. The average molecular weight is 305 g/mol. The van der Waals surface area contributed by atoms with Gasteiger partial charge in [0, 0.05) is 5.56 Å². The smallest absolute Gasteiger partial charge is 0.202 e. The number of halogens is 1. The van der Waals surface area contributed by atoms with Gasteiger partial charge in [-0.15, -0.1) is 11.3 Å². The van der Waals surface area contributed by atoms with Gasteiger partial charge in [0.2, 0.25) is 5.78 Å². The van der Waals surface area contributed by atoms with Crippen LogP contribution in [-0.4, -0.2) is 5.78 Å². The predicted molar refractivity (Wildman–Crippen MR) is 85.0 cm³/mol. The molecule has 20 heavy (non-hydrogen) atoms. The number of thiophene rings is 1. The highest BCUT2D eigenvalue weighted by atomic mass is 35.5. The normalized spacial score (nSPS) is 16.2. The van der Waals surface area contributed by atoms with Crippen LogP contribution in [0.15, 0.2) is 36.4 Å². The first-order chi connectivity index (χ1) is 9.74. The lowest BCUT2D eigenvalue weighted by Gasteiger charge is -2.21. The van der Waals surface area contributed by atoms with Gasteiger partial charge < -0.3 is 0 Å². The van der Waals surface area contributed by atoms with Crippen LogP contribution in [0.3, 0.4) is 0 Å². The summed E-state index contributed by atoms with van der Waals surface area (Å²) in [6.45, 7) is 0. The summed E-state index contributed by atoms with van der Waals surface area (Å²) in [7, 11) is 0. The lowest BCUT2D eigenvalue weighted by atomic mass is 9.84. The van der Waals surface area contributed by atoms with Gasteiger partial charge >= 0.3 is 0 Å². The van der Waals surface area contributed by atoms with Gasteiger partial charge in [0.05, 0.1) is 9.21 Å². The lowest BCUT2D eigenvalue weighted by Crippen LogP contribution is -2.05. The second kappa shape index (κ2) is 6.11. The summed E-state index contributed by atoms with van der Waals surface area (Å²) >= 11 is 7.22. The first-order valence-electron chi connectivity index (χ1n) is 7.14. The number of hydrogen-bond acceptors (Lipinski definition) is 2. The fourth-order valence-corrected chi connectivity index (χ4v) is 3.93. The highest BCUT2D eigenvalue weighted by Crippen LogP contribution is 2.33. The van der Waals surface area contributed by atoms with Crippen molar-refractivity contribution in [3.63, 3.8) is 0 Å². The summed E-state index contributed by atoms with van der Waals surface area (Å²) in [5.74, 6) is 0.751. The largest absolute Gasteiger partial charge is 0.288 e. The van der Waals surface area contributed by atoms with Gasteiger partial charge in [-0.3, -0.25) is 4.79 Å². The van der Waals surface area contributed by atoms with Crippen LogP contribution in [0.2, 0.25) is 4.34 Å². The molecule has 0 atom stereocenters. The van der Waals surface area contributed by atoms with Crippen LogP contribution in [0.4, 0.5) is 0 Å². The van der Waals surface area contributed by atoms with Gasteiger partial charge in [0.15, 0.2) is 0 Å². The summed E-state index contributed by atoms with van der Waals surface area (Å²) in [5.41, 5.74) is 2.13. The van der Waals surface area contributed by atoms with Gasteiger partial charge in [0.1, 0.15) is 0 Å². The highest BCUT2D eigenvalue weighted by Gasteiger charge is 2.16. The van der Waals surface area contributed by atoms with E-state index in [-0.39, 0.29) is 5.78 Å². The second-order valence-corrected chi connectivity index (χ2v) is 7.10. The molecule has 0 saturated heterocycles. The Balaban J connectivity index is 1.77. The van der Waals surface area contributed by atoms with Crippen molar-refractivity contribution in [3.8, 4) is 0 Å². The Morgan fingerprint density at radius 1 is 1.00 bits per heavy atom. The minimum atomic E-state index is 0.0668. The molecule has 104 valence electrons. The number of carbonyl (C=O) groups excluding carboxylic acids is 1. The van der Waals surface area contributed by atoms with E-state index in [0.717, 1.165) is 5.56 Å². The van der Waals surface area contributed by atoms with Gasteiger partial charge in [-0.25, -0.2) is 0 Å². The minimum absolute atomic E-state index is 0.0668. The van der Waals surface area contributed by atoms with Crippen molar-refractivity contribution < 1.29 is 4.79 Å². The van der Waals surface area contributed by atoms with Crippen molar-refractivity contribution in [2.75, 3.05) is 0 Å². The molecule has 0 amide bonds. The molecule has 3 rings (SSSR count). The third-order valence-electron chi connectivity index (χ3n) is 4.05. The Morgan fingerprint density at radius 3 is 2.30 bits per heavy atom. The molecule has 0 radical (unpaired) electrons. The summed E-state index contributed by atoms with van der Waals surface area (Å²) in [5, 5.41) is 0.